The first-order valence-corrected chi connectivity index (χ1v) is 10.8. The van der Waals surface area contributed by atoms with Gasteiger partial charge >= 0.3 is 12.1 Å². The van der Waals surface area contributed by atoms with Crippen molar-refractivity contribution in [2.24, 2.45) is 0 Å². The van der Waals surface area contributed by atoms with Gasteiger partial charge in [-0.1, -0.05) is 18.5 Å². The standard InChI is InChI=1S/C21H32ClFN4O3/c1-4-8-27(17-6-5-9-26(14-17)20(28)24-7-10-30-3)21(29)25-13-16-11-15(2)18(22)12-19(16)23/h11-12,17H,4-10,13-14H2,1-3H3,(H,24,28)(H,25,29). The van der Waals surface area contributed by atoms with Crippen LogP contribution in [0.2, 0.25) is 5.02 Å². The normalized spacial score (nSPS) is 16.3. The zero-order valence-corrected chi connectivity index (χ0v) is 18.7. The molecule has 168 valence electrons. The number of rotatable bonds is 8. The van der Waals surface area contributed by atoms with Crippen LogP contribution < -0.4 is 10.6 Å². The predicted octanol–water partition coefficient (Wildman–Crippen LogP) is 3.53. The van der Waals surface area contributed by atoms with Gasteiger partial charge in [-0.2, -0.15) is 0 Å². The Balaban J connectivity index is 1.98. The average molecular weight is 443 g/mol. The van der Waals surface area contributed by atoms with Gasteiger partial charge in [-0.15, -0.1) is 0 Å². The molecule has 0 radical (unpaired) electrons. The van der Waals surface area contributed by atoms with Crippen LogP contribution in [0.25, 0.3) is 0 Å². The van der Waals surface area contributed by atoms with Crippen molar-refractivity contribution in [1.82, 2.24) is 20.4 Å². The number of urea groups is 2. The summed E-state index contributed by atoms with van der Waals surface area (Å²) in [6, 6.07) is 2.43. The third kappa shape index (κ3) is 6.74. The lowest BCUT2D eigenvalue weighted by atomic mass is 10.0. The zero-order chi connectivity index (χ0) is 22.1. The Morgan fingerprint density at radius 3 is 2.83 bits per heavy atom. The highest BCUT2D eigenvalue weighted by molar-refractivity contribution is 6.31. The molecule has 9 heteroatoms. The van der Waals surface area contributed by atoms with Crippen LogP contribution >= 0.6 is 11.6 Å². The van der Waals surface area contributed by atoms with Gasteiger partial charge in [0, 0.05) is 50.4 Å². The van der Waals surface area contributed by atoms with E-state index < -0.39 is 5.82 Å². The number of methoxy groups -OCH3 is 1. The average Bonchev–Trinajstić information content (AvgIpc) is 2.73. The van der Waals surface area contributed by atoms with Gasteiger partial charge < -0.3 is 25.2 Å². The Kier molecular flexibility index (Phi) is 9.65. The number of amides is 4. The van der Waals surface area contributed by atoms with Crippen molar-refractivity contribution in [1.29, 1.82) is 0 Å². The molecule has 1 fully saturated rings. The van der Waals surface area contributed by atoms with Gasteiger partial charge in [0.05, 0.1) is 12.6 Å². The summed E-state index contributed by atoms with van der Waals surface area (Å²) in [5.74, 6) is -0.440. The van der Waals surface area contributed by atoms with E-state index in [0.717, 1.165) is 24.8 Å². The van der Waals surface area contributed by atoms with E-state index in [1.807, 2.05) is 6.92 Å². The number of carbonyl (C=O) groups excluding carboxylic acids is 2. The predicted molar refractivity (Wildman–Crippen MR) is 115 cm³/mol. The number of hydrogen-bond donors (Lipinski definition) is 2. The SMILES string of the molecule is CCCN(C(=O)NCc1cc(C)c(Cl)cc1F)C1CCCN(C(=O)NCCOC)C1. The molecule has 1 aromatic rings. The smallest absolute Gasteiger partial charge is 0.317 e. The number of carbonyl (C=O) groups is 2. The number of nitrogens with zero attached hydrogens (tertiary/aromatic N) is 2. The number of hydrogen-bond acceptors (Lipinski definition) is 3. The Bertz CT molecular complexity index is 734. The summed E-state index contributed by atoms with van der Waals surface area (Å²) in [5.41, 5.74) is 1.15. The summed E-state index contributed by atoms with van der Waals surface area (Å²) in [4.78, 5) is 28.7. The lowest BCUT2D eigenvalue weighted by Crippen LogP contribution is -2.55. The highest BCUT2D eigenvalue weighted by Crippen LogP contribution is 2.20. The van der Waals surface area contributed by atoms with E-state index in [0.29, 0.717) is 43.4 Å². The zero-order valence-electron chi connectivity index (χ0n) is 18.0. The van der Waals surface area contributed by atoms with E-state index in [1.54, 1.807) is 29.9 Å². The molecule has 2 rings (SSSR count). The third-order valence-electron chi connectivity index (χ3n) is 5.19. The molecule has 1 heterocycles. The molecule has 4 amide bonds. The van der Waals surface area contributed by atoms with Crippen LogP contribution in [0.3, 0.4) is 0 Å². The van der Waals surface area contributed by atoms with Crippen molar-refractivity contribution in [2.75, 3.05) is 39.9 Å². The molecule has 0 bridgehead atoms. The Hall–Kier alpha value is -2.06. The lowest BCUT2D eigenvalue weighted by Gasteiger charge is -2.39. The molecule has 0 aliphatic carbocycles. The first-order valence-electron chi connectivity index (χ1n) is 10.4. The van der Waals surface area contributed by atoms with E-state index >= 15 is 0 Å². The van der Waals surface area contributed by atoms with E-state index in [2.05, 4.69) is 10.6 Å². The van der Waals surface area contributed by atoms with Crippen LogP contribution in [0.4, 0.5) is 14.0 Å². The minimum Gasteiger partial charge on any atom is -0.383 e. The fourth-order valence-corrected chi connectivity index (χ4v) is 3.73. The van der Waals surface area contributed by atoms with Crippen molar-refractivity contribution >= 4 is 23.7 Å². The summed E-state index contributed by atoms with van der Waals surface area (Å²) >= 11 is 5.94. The number of piperidine rings is 1. The van der Waals surface area contributed by atoms with E-state index in [1.165, 1.54) is 6.07 Å². The Labute approximate surface area is 182 Å². The fraction of sp³-hybridized carbons (Fsp3) is 0.619. The second-order valence-electron chi connectivity index (χ2n) is 7.51. The molecule has 1 unspecified atom stereocenters. The molecule has 0 aromatic heterocycles. The second kappa shape index (κ2) is 12.0. The topological polar surface area (TPSA) is 73.9 Å². The number of ether oxygens (including phenoxy) is 1. The van der Waals surface area contributed by atoms with Gasteiger partial charge in [-0.05, 0) is 43.9 Å². The number of nitrogens with one attached hydrogen (secondary N) is 2. The van der Waals surface area contributed by atoms with Crippen LogP contribution in [0.1, 0.15) is 37.3 Å². The summed E-state index contributed by atoms with van der Waals surface area (Å²) in [6.45, 7) is 6.47. The molecular formula is C21H32ClFN4O3. The molecule has 1 aromatic carbocycles. The van der Waals surface area contributed by atoms with Crippen molar-refractivity contribution in [3.05, 3.63) is 34.1 Å². The minimum atomic E-state index is -0.440. The van der Waals surface area contributed by atoms with Crippen molar-refractivity contribution in [3.63, 3.8) is 0 Å². The minimum absolute atomic E-state index is 0.0799. The van der Waals surface area contributed by atoms with Crippen molar-refractivity contribution in [3.8, 4) is 0 Å². The van der Waals surface area contributed by atoms with E-state index in [-0.39, 0.29) is 24.6 Å². The van der Waals surface area contributed by atoms with E-state index in [9.17, 15) is 14.0 Å². The van der Waals surface area contributed by atoms with Gasteiger partial charge in [0.2, 0.25) is 0 Å². The maximum atomic E-state index is 14.1. The van der Waals surface area contributed by atoms with Gasteiger partial charge in [0.1, 0.15) is 5.82 Å². The summed E-state index contributed by atoms with van der Waals surface area (Å²) < 4.78 is 19.1. The number of aryl methyl sites for hydroxylation is 1. The summed E-state index contributed by atoms with van der Waals surface area (Å²) in [6.07, 6.45) is 2.43. The van der Waals surface area contributed by atoms with Gasteiger partial charge in [0.25, 0.3) is 0 Å². The first kappa shape index (κ1) is 24.2. The highest BCUT2D eigenvalue weighted by atomic mass is 35.5. The molecule has 7 nitrogen and oxygen atoms in total. The summed E-state index contributed by atoms with van der Waals surface area (Å²) in [7, 11) is 1.58. The Morgan fingerprint density at radius 1 is 1.37 bits per heavy atom. The second-order valence-corrected chi connectivity index (χ2v) is 7.92. The van der Waals surface area contributed by atoms with Crippen LogP contribution in [0, 0.1) is 12.7 Å². The van der Waals surface area contributed by atoms with Crippen LogP contribution in [-0.4, -0.2) is 67.8 Å². The molecule has 0 saturated carbocycles. The van der Waals surface area contributed by atoms with Crippen molar-refractivity contribution in [2.45, 2.75) is 45.7 Å². The highest BCUT2D eigenvalue weighted by Gasteiger charge is 2.30. The van der Waals surface area contributed by atoms with Crippen LogP contribution in [-0.2, 0) is 11.3 Å². The maximum absolute atomic E-state index is 14.1. The Morgan fingerprint density at radius 2 is 2.13 bits per heavy atom. The first-order chi connectivity index (χ1) is 14.4. The number of benzene rings is 1. The third-order valence-corrected chi connectivity index (χ3v) is 5.60. The maximum Gasteiger partial charge on any atom is 0.317 e. The molecule has 1 aliphatic heterocycles. The molecular weight excluding hydrogens is 411 g/mol. The summed E-state index contributed by atoms with van der Waals surface area (Å²) in [5, 5.41) is 6.01. The molecule has 2 N–H and O–H groups in total. The van der Waals surface area contributed by atoms with Crippen LogP contribution in [0.15, 0.2) is 12.1 Å². The van der Waals surface area contributed by atoms with Gasteiger partial charge in [-0.25, -0.2) is 14.0 Å². The lowest BCUT2D eigenvalue weighted by molar-refractivity contribution is 0.117. The molecule has 0 spiro atoms. The van der Waals surface area contributed by atoms with Crippen molar-refractivity contribution < 1.29 is 18.7 Å². The number of likely N-dealkylation sites (tertiary alicyclic amines) is 1. The fourth-order valence-electron chi connectivity index (χ4n) is 3.58. The number of halogens is 2. The van der Waals surface area contributed by atoms with Gasteiger partial charge in [0.15, 0.2) is 0 Å². The quantitative estimate of drug-likeness (QED) is 0.605. The molecule has 1 aliphatic rings. The molecule has 1 atom stereocenters. The van der Waals surface area contributed by atoms with E-state index in [4.69, 9.17) is 16.3 Å². The van der Waals surface area contributed by atoms with Gasteiger partial charge in [-0.3, -0.25) is 0 Å². The van der Waals surface area contributed by atoms with Crippen LogP contribution in [0.5, 0.6) is 0 Å². The molecule has 30 heavy (non-hydrogen) atoms. The molecule has 1 saturated heterocycles. The largest absolute Gasteiger partial charge is 0.383 e. The monoisotopic (exact) mass is 442 g/mol.